The van der Waals surface area contributed by atoms with E-state index in [0.717, 1.165) is 0 Å². The van der Waals surface area contributed by atoms with E-state index in [0.29, 0.717) is 19.4 Å². The standard InChI is InChI=1S/C12H24BN2O2/c1-12(2,3)11(17)15(6)8-7-14(5)10(16)9-13-4/h7-9H2,1-6H3. The highest BCUT2D eigenvalue weighted by Gasteiger charge is 2.24. The fourth-order valence-corrected chi connectivity index (χ4v) is 1.43. The van der Waals surface area contributed by atoms with Crippen molar-refractivity contribution in [2.24, 2.45) is 5.41 Å². The van der Waals surface area contributed by atoms with Crippen molar-refractivity contribution in [2.75, 3.05) is 27.2 Å². The molecule has 0 aromatic rings. The zero-order chi connectivity index (χ0) is 13.6. The number of amides is 2. The largest absolute Gasteiger partial charge is 0.345 e. The molecule has 4 nitrogen and oxygen atoms in total. The van der Waals surface area contributed by atoms with Gasteiger partial charge in [-0.2, -0.15) is 0 Å². The summed E-state index contributed by atoms with van der Waals surface area (Å²) in [5, 5.41) is 0. The lowest BCUT2D eigenvalue weighted by Gasteiger charge is -2.27. The van der Waals surface area contributed by atoms with Gasteiger partial charge in [0, 0.05) is 32.6 Å². The Hall–Kier alpha value is -0.995. The summed E-state index contributed by atoms with van der Waals surface area (Å²) in [4.78, 5) is 26.7. The van der Waals surface area contributed by atoms with Crippen LogP contribution in [0.1, 0.15) is 20.8 Å². The van der Waals surface area contributed by atoms with E-state index < -0.39 is 0 Å². The first-order chi connectivity index (χ1) is 7.70. The predicted molar refractivity (Wildman–Crippen MR) is 71.2 cm³/mol. The Bertz CT molecular complexity index is 274. The van der Waals surface area contributed by atoms with Crippen LogP contribution in [0.5, 0.6) is 0 Å². The summed E-state index contributed by atoms with van der Waals surface area (Å²) in [7, 11) is 5.38. The van der Waals surface area contributed by atoms with Crippen molar-refractivity contribution < 1.29 is 9.59 Å². The molecular weight excluding hydrogens is 215 g/mol. The Balaban J connectivity index is 4.12. The van der Waals surface area contributed by atoms with Crippen LogP contribution < -0.4 is 0 Å². The summed E-state index contributed by atoms with van der Waals surface area (Å²) >= 11 is 0. The second-order valence-electron chi connectivity index (χ2n) is 5.40. The van der Waals surface area contributed by atoms with Gasteiger partial charge in [-0.15, -0.1) is 0 Å². The van der Waals surface area contributed by atoms with Gasteiger partial charge >= 0.3 is 0 Å². The average molecular weight is 239 g/mol. The number of rotatable bonds is 5. The zero-order valence-electron chi connectivity index (χ0n) is 11.9. The maximum Gasteiger partial charge on any atom is 0.227 e. The molecule has 0 N–H and O–H groups in total. The molecule has 0 atom stereocenters. The molecule has 0 fully saturated rings. The molecule has 0 unspecified atom stereocenters. The number of hydrogen-bond acceptors (Lipinski definition) is 2. The Morgan fingerprint density at radius 1 is 1.06 bits per heavy atom. The van der Waals surface area contributed by atoms with Crippen molar-refractivity contribution in [1.82, 2.24) is 9.80 Å². The van der Waals surface area contributed by atoms with Crippen molar-refractivity contribution in [1.29, 1.82) is 0 Å². The summed E-state index contributed by atoms with van der Waals surface area (Å²) in [5.74, 6) is 0.185. The SMILES string of the molecule is C[B]CC(=O)N(C)CCN(C)C(=O)C(C)(C)C. The van der Waals surface area contributed by atoms with Crippen LogP contribution in [0.15, 0.2) is 0 Å². The topological polar surface area (TPSA) is 40.6 Å². The third-order valence-electron chi connectivity index (χ3n) is 2.56. The quantitative estimate of drug-likeness (QED) is 0.674. The Morgan fingerprint density at radius 3 is 1.94 bits per heavy atom. The minimum Gasteiger partial charge on any atom is -0.345 e. The molecule has 0 bridgehead atoms. The molecule has 0 heterocycles. The lowest BCUT2D eigenvalue weighted by Crippen LogP contribution is -2.41. The highest BCUT2D eigenvalue weighted by molar-refractivity contribution is 6.39. The van der Waals surface area contributed by atoms with Crippen molar-refractivity contribution in [3.63, 3.8) is 0 Å². The van der Waals surface area contributed by atoms with Crippen LogP contribution in [-0.4, -0.2) is 56.1 Å². The fraction of sp³-hybridized carbons (Fsp3) is 0.833. The molecule has 0 saturated heterocycles. The molecule has 2 amide bonds. The predicted octanol–water partition coefficient (Wildman–Crippen LogP) is 1.12. The number of nitrogens with zero attached hydrogens (tertiary/aromatic N) is 2. The fourth-order valence-electron chi connectivity index (χ4n) is 1.43. The van der Waals surface area contributed by atoms with Crippen LogP contribution >= 0.6 is 0 Å². The van der Waals surface area contributed by atoms with E-state index in [1.54, 1.807) is 23.9 Å². The Kier molecular flexibility index (Phi) is 6.28. The normalized spacial score (nSPS) is 10.9. The van der Waals surface area contributed by atoms with Crippen LogP contribution in [0.25, 0.3) is 0 Å². The molecule has 1 radical (unpaired) electrons. The lowest BCUT2D eigenvalue weighted by atomic mass is 9.78. The zero-order valence-corrected chi connectivity index (χ0v) is 11.9. The van der Waals surface area contributed by atoms with Gasteiger partial charge in [-0.05, 0) is 6.32 Å². The van der Waals surface area contributed by atoms with E-state index in [2.05, 4.69) is 0 Å². The van der Waals surface area contributed by atoms with Gasteiger partial charge in [0.25, 0.3) is 0 Å². The average Bonchev–Trinajstić information content (AvgIpc) is 2.23. The van der Waals surface area contributed by atoms with Crippen molar-refractivity contribution in [3.8, 4) is 0 Å². The summed E-state index contributed by atoms with van der Waals surface area (Å²) in [5.41, 5.74) is -0.367. The van der Waals surface area contributed by atoms with E-state index in [9.17, 15) is 9.59 Å². The first kappa shape index (κ1) is 16.0. The smallest absolute Gasteiger partial charge is 0.227 e. The molecule has 97 valence electrons. The van der Waals surface area contributed by atoms with Gasteiger partial charge in [-0.3, -0.25) is 9.59 Å². The van der Waals surface area contributed by atoms with Crippen LogP contribution in [0.4, 0.5) is 0 Å². The molecule has 0 aliphatic heterocycles. The number of hydrogen-bond donors (Lipinski definition) is 0. The molecule has 0 saturated carbocycles. The third kappa shape index (κ3) is 5.75. The maximum atomic E-state index is 11.9. The summed E-state index contributed by atoms with van der Waals surface area (Å²) in [6, 6.07) is 0. The molecule has 5 heteroatoms. The van der Waals surface area contributed by atoms with E-state index in [-0.39, 0.29) is 17.2 Å². The second-order valence-corrected chi connectivity index (χ2v) is 5.40. The summed E-state index contributed by atoms with van der Waals surface area (Å²) < 4.78 is 0. The molecular formula is C12H24BN2O2. The maximum absolute atomic E-state index is 11.9. The van der Waals surface area contributed by atoms with Crippen LogP contribution in [0, 0.1) is 5.41 Å². The highest BCUT2D eigenvalue weighted by Crippen LogP contribution is 2.16. The molecule has 0 aliphatic rings. The minimum atomic E-state index is -0.367. The number of carbonyl (C=O) groups is 2. The van der Waals surface area contributed by atoms with Crippen molar-refractivity contribution in [2.45, 2.75) is 33.9 Å². The first-order valence-corrected chi connectivity index (χ1v) is 5.97. The van der Waals surface area contributed by atoms with Crippen molar-refractivity contribution in [3.05, 3.63) is 0 Å². The van der Waals surface area contributed by atoms with Gasteiger partial charge in [0.15, 0.2) is 0 Å². The number of carbonyl (C=O) groups excluding carboxylic acids is 2. The second kappa shape index (κ2) is 6.67. The monoisotopic (exact) mass is 239 g/mol. The van der Waals surface area contributed by atoms with Gasteiger partial charge in [-0.25, -0.2) is 0 Å². The van der Waals surface area contributed by atoms with Crippen LogP contribution in [-0.2, 0) is 9.59 Å². The molecule has 17 heavy (non-hydrogen) atoms. The van der Waals surface area contributed by atoms with Gasteiger partial charge in [0.05, 0.1) is 0 Å². The van der Waals surface area contributed by atoms with Gasteiger partial charge in [0.2, 0.25) is 11.8 Å². The first-order valence-electron chi connectivity index (χ1n) is 5.97. The molecule has 0 aromatic carbocycles. The van der Waals surface area contributed by atoms with Crippen LogP contribution in [0.2, 0.25) is 13.1 Å². The highest BCUT2D eigenvalue weighted by atomic mass is 16.2. The Labute approximate surface area is 106 Å². The van der Waals surface area contributed by atoms with E-state index in [1.807, 2.05) is 34.9 Å². The van der Waals surface area contributed by atoms with E-state index in [4.69, 9.17) is 0 Å². The molecule has 0 aliphatic carbocycles. The Morgan fingerprint density at radius 2 is 1.53 bits per heavy atom. The van der Waals surface area contributed by atoms with E-state index >= 15 is 0 Å². The summed E-state index contributed by atoms with van der Waals surface area (Å²) in [6.45, 7) is 8.69. The lowest BCUT2D eigenvalue weighted by molar-refractivity contribution is -0.139. The third-order valence-corrected chi connectivity index (χ3v) is 2.56. The van der Waals surface area contributed by atoms with Crippen LogP contribution in [0.3, 0.4) is 0 Å². The van der Waals surface area contributed by atoms with Gasteiger partial charge in [-0.1, -0.05) is 27.6 Å². The molecule has 0 aromatic heterocycles. The van der Waals surface area contributed by atoms with Gasteiger partial charge in [0.1, 0.15) is 7.28 Å². The summed E-state index contributed by atoms with van der Waals surface area (Å²) in [6.07, 6.45) is 0.452. The van der Waals surface area contributed by atoms with Crippen molar-refractivity contribution >= 4 is 19.1 Å². The van der Waals surface area contributed by atoms with E-state index in [1.165, 1.54) is 0 Å². The number of likely N-dealkylation sites (N-methyl/N-ethyl adjacent to an activating group) is 2. The minimum absolute atomic E-state index is 0.0871. The molecule has 0 spiro atoms. The molecule has 0 rings (SSSR count). The van der Waals surface area contributed by atoms with Gasteiger partial charge < -0.3 is 9.80 Å².